The molecule has 2 aromatic carbocycles. The molecule has 0 saturated heterocycles. The van der Waals surface area contributed by atoms with Crippen LogP contribution in [0, 0.1) is 0 Å². The molecule has 0 fully saturated rings. The first-order chi connectivity index (χ1) is 12.7. The number of nitrogens with zero attached hydrogens (tertiary/aromatic N) is 1. The van der Waals surface area contributed by atoms with Gasteiger partial charge in [0.15, 0.2) is 23.0 Å². The number of methoxy groups -OCH3 is 5. The van der Waals surface area contributed by atoms with Crippen molar-refractivity contribution < 1.29 is 23.7 Å². The smallest absolute Gasteiger partial charge is 0.203 e. The first-order valence-electron chi connectivity index (χ1n) is 7.98. The molecule has 0 atom stereocenters. The van der Waals surface area contributed by atoms with Gasteiger partial charge in [0.2, 0.25) is 5.75 Å². The predicted molar refractivity (Wildman–Crippen MR) is 99.9 cm³/mol. The first-order valence-corrected chi connectivity index (χ1v) is 7.98. The Bertz CT molecular complexity index is 914. The molecule has 0 amide bonds. The molecular weight excluding hydrogens is 334 g/mol. The minimum absolute atomic E-state index is 0.540. The molecule has 1 heterocycles. The van der Waals surface area contributed by atoms with Crippen molar-refractivity contribution in [1.82, 2.24) is 4.98 Å². The van der Waals surface area contributed by atoms with Gasteiger partial charge in [-0.3, -0.25) is 4.98 Å². The molecule has 3 aromatic rings. The van der Waals surface area contributed by atoms with Crippen LogP contribution in [0.2, 0.25) is 0 Å². The maximum atomic E-state index is 5.46. The van der Waals surface area contributed by atoms with Gasteiger partial charge in [-0.1, -0.05) is 0 Å². The zero-order valence-electron chi connectivity index (χ0n) is 15.5. The molecule has 6 heteroatoms. The molecule has 0 radical (unpaired) electrons. The van der Waals surface area contributed by atoms with Crippen molar-refractivity contribution in [2.75, 3.05) is 35.5 Å². The molecule has 136 valence electrons. The average molecular weight is 355 g/mol. The Kier molecular flexibility index (Phi) is 5.02. The van der Waals surface area contributed by atoms with Crippen molar-refractivity contribution in [2.45, 2.75) is 0 Å². The van der Waals surface area contributed by atoms with E-state index in [0.29, 0.717) is 28.7 Å². The Balaban J connectivity index is 2.28. The molecule has 0 N–H and O–H groups in total. The Labute approximate surface area is 152 Å². The van der Waals surface area contributed by atoms with Crippen LogP contribution in [0.5, 0.6) is 28.7 Å². The van der Waals surface area contributed by atoms with E-state index in [2.05, 4.69) is 4.98 Å². The third-order valence-corrected chi connectivity index (χ3v) is 4.21. The van der Waals surface area contributed by atoms with E-state index in [4.69, 9.17) is 23.7 Å². The van der Waals surface area contributed by atoms with Crippen LogP contribution >= 0.6 is 0 Å². The zero-order chi connectivity index (χ0) is 18.7. The number of hydrogen-bond donors (Lipinski definition) is 0. The fraction of sp³-hybridized carbons (Fsp3) is 0.250. The van der Waals surface area contributed by atoms with Gasteiger partial charge in [-0.05, 0) is 35.7 Å². The molecule has 26 heavy (non-hydrogen) atoms. The molecule has 1 aromatic heterocycles. The van der Waals surface area contributed by atoms with Crippen molar-refractivity contribution in [3.05, 3.63) is 36.5 Å². The maximum Gasteiger partial charge on any atom is 0.203 e. The molecule has 0 bridgehead atoms. The summed E-state index contributed by atoms with van der Waals surface area (Å²) in [5.41, 5.74) is 1.63. The first kappa shape index (κ1) is 17.7. The fourth-order valence-corrected chi connectivity index (χ4v) is 2.95. The lowest BCUT2D eigenvalue weighted by molar-refractivity contribution is 0.324. The third kappa shape index (κ3) is 2.94. The number of fused-ring (bicyclic) bond motifs is 1. The van der Waals surface area contributed by atoms with E-state index >= 15 is 0 Å². The van der Waals surface area contributed by atoms with Gasteiger partial charge in [-0.2, -0.15) is 0 Å². The van der Waals surface area contributed by atoms with Crippen LogP contribution in [0.25, 0.3) is 22.0 Å². The summed E-state index contributed by atoms with van der Waals surface area (Å²) in [7, 11) is 7.98. The Morgan fingerprint density at radius 3 is 1.77 bits per heavy atom. The molecule has 0 unspecified atom stereocenters. The van der Waals surface area contributed by atoms with Crippen LogP contribution in [-0.2, 0) is 0 Å². The molecule has 0 aliphatic rings. The zero-order valence-corrected chi connectivity index (χ0v) is 15.5. The summed E-state index contributed by atoms with van der Waals surface area (Å²) in [6.45, 7) is 0. The highest BCUT2D eigenvalue weighted by Crippen LogP contribution is 2.43. The minimum atomic E-state index is 0.540. The van der Waals surface area contributed by atoms with Gasteiger partial charge in [0.1, 0.15) is 0 Å². The molecule has 0 aliphatic heterocycles. The molecular formula is C20H21NO5. The molecule has 0 spiro atoms. The number of aromatic nitrogens is 1. The van der Waals surface area contributed by atoms with Gasteiger partial charge in [-0.25, -0.2) is 0 Å². The second-order valence-corrected chi connectivity index (χ2v) is 5.50. The number of rotatable bonds is 6. The fourth-order valence-electron chi connectivity index (χ4n) is 2.95. The van der Waals surface area contributed by atoms with E-state index in [1.807, 2.05) is 30.3 Å². The summed E-state index contributed by atoms with van der Waals surface area (Å²) in [6, 6.07) is 9.52. The Morgan fingerprint density at radius 1 is 0.654 bits per heavy atom. The van der Waals surface area contributed by atoms with Crippen LogP contribution < -0.4 is 23.7 Å². The SMILES string of the molecule is COc1cc2ccnc(-c3cc(OC)c(OC)c(OC)c3)c2cc1OC. The van der Waals surface area contributed by atoms with E-state index in [9.17, 15) is 0 Å². The van der Waals surface area contributed by atoms with Crippen LogP contribution in [0.1, 0.15) is 0 Å². The minimum Gasteiger partial charge on any atom is -0.493 e. The highest BCUT2D eigenvalue weighted by Gasteiger charge is 2.17. The second kappa shape index (κ2) is 7.39. The van der Waals surface area contributed by atoms with Crippen LogP contribution in [-0.4, -0.2) is 40.5 Å². The van der Waals surface area contributed by atoms with Crippen LogP contribution in [0.3, 0.4) is 0 Å². The molecule has 0 aliphatic carbocycles. The second-order valence-electron chi connectivity index (χ2n) is 5.50. The van der Waals surface area contributed by atoms with E-state index < -0.39 is 0 Å². The summed E-state index contributed by atoms with van der Waals surface area (Å²) < 4.78 is 27.1. The molecule has 3 rings (SSSR count). The van der Waals surface area contributed by atoms with Gasteiger partial charge >= 0.3 is 0 Å². The lowest BCUT2D eigenvalue weighted by Crippen LogP contribution is -1.97. The van der Waals surface area contributed by atoms with E-state index in [0.717, 1.165) is 22.0 Å². The molecule has 0 saturated carbocycles. The summed E-state index contributed by atoms with van der Waals surface area (Å²) in [5, 5.41) is 1.92. The number of ether oxygens (including phenoxy) is 5. The monoisotopic (exact) mass is 355 g/mol. The Morgan fingerprint density at radius 2 is 1.23 bits per heavy atom. The topological polar surface area (TPSA) is 59.0 Å². The van der Waals surface area contributed by atoms with Gasteiger partial charge in [0, 0.05) is 17.1 Å². The summed E-state index contributed by atoms with van der Waals surface area (Å²) in [6.07, 6.45) is 1.76. The van der Waals surface area contributed by atoms with Crippen molar-refractivity contribution in [3.63, 3.8) is 0 Å². The number of hydrogen-bond acceptors (Lipinski definition) is 6. The van der Waals surface area contributed by atoms with Gasteiger partial charge in [0.25, 0.3) is 0 Å². The Hall–Kier alpha value is -3.15. The van der Waals surface area contributed by atoms with Crippen molar-refractivity contribution in [1.29, 1.82) is 0 Å². The van der Waals surface area contributed by atoms with Crippen LogP contribution in [0.15, 0.2) is 36.5 Å². The standard InChI is InChI=1S/C20H21NO5/c1-22-15-8-12-6-7-21-19(14(12)11-16(15)23-2)13-9-17(24-3)20(26-5)18(10-13)25-4/h6-11H,1-5H3. The number of pyridine rings is 1. The van der Waals surface area contributed by atoms with Crippen molar-refractivity contribution >= 4 is 10.8 Å². The average Bonchev–Trinajstić information content (AvgIpc) is 2.70. The summed E-state index contributed by atoms with van der Waals surface area (Å²) in [5.74, 6) is 2.99. The predicted octanol–water partition coefficient (Wildman–Crippen LogP) is 3.94. The molecule has 6 nitrogen and oxygen atoms in total. The van der Waals surface area contributed by atoms with E-state index in [-0.39, 0.29) is 0 Å². The van der Waals surface area contributed by atoms with Crippen molar-refractivity contribution in [2.24, 2.45) is 0 Å². The third-order valence-electron chi connectivity index (χ3n) is 4.21. The summed E-state index contributed by atoms with van der Waals surface area (Å²) in [4.78, 5) is 4.57. The van der Waals surface area contributed by atoms with Gasteiger partial charge < -0.3 is 23.7 Å². The van der Waals surface area contributed by atoms with Gasteiger partial charge in [-0.15, -0.1) is 0 Å². The van der Waals surface area contributed by atoms with Crippen molar-refractivity contribution in [3.8, 4) is 40.0 Å². The highest BCUT2D eigenvalue weighted by atomic mass is 16.5. The van der Waals surface area contributed by atoms with Crippen LogP contribution in [0.4, 0.5) is 0 Å². The van der Waals surface area contributed by atoms with E-state index in [1.165, 1.54) is 0 Å². The quantitative estimate of drug-likeness (QED) is 0.667. The highest BCUT2D eigenvalue weighted by molar-refractivity contribution is 5.97. The van der Waals surface area contributed by atoms with E-state index in [1.54, 1.807) is 41.7 Å². The summed E-state index contributed by atoms with van der Waals surface area (Å²) >= 11 is 0. The van der Waals surface area contributed by atoms with Gasteiger partial charge in [0.05, 0.1) is 41.2 Å². The maximum absolute atomic E-state index is 5.46. The largest absolute Gasteiger partial charge is 0.493 e. The lowest BCUT2D eigenvalue weighted by Gasteiger charge is -2.15. The number of benzene rings is 2. The normalized spacial score (nSPS) is 10.5. The lowest BCUT2D eigenvalue weighted by atomic mass is 10.0.